The van der Waals surface area contributed by atoms with Crippen LogP contribution in [-0.4, -0.2) is 38.8 Å². The Labute approximate surface area is 169 Å². The molecule has 0 spiro atoms. The van der Waals surface area contributed by atoms with Crippen molar-refractivity contribution >= 4 is 28.3 Å². The summed E-state index contributed by atoms with van der Waals surface area (Å²) in [5.41, 5.74) is 3.37. The number of imidazole rings is 1. The molecule has 1 aliphatic carbocycles. The fourth-order valence-electron chi connectivity index (χ4n) is 4.43. The third-order valence-electron chi connectivity index (χ3n) is 6.07. The zero-order valence-electron chi connectivity index (χ0n) is 16.1. The van der Waals surface area contributed by atoms with E-state index in [0.717, 1.165) is 49.2 Å². The molecular formula is C22H26N4OS. The number of H-pyrrole nitrogens is 1. The molecule has 0 bridgehead atoms. The largest absolute Gasteiger partial charge is 0.343 e. The van der Waals surface area contributed by atoms with E-state index in [0.29, 0.717) is 18.8 Å². The summed E-state index contributed by atoms with van der Waals surface area (Å²) in [6.07, 6.45) is 8.26. The van der Waals surface area contributed by atoms with Crippen LogP contribution in [0.1, 0.15) is 59.4 Å². The Bertz CT molecular complexity index is 927. The van der Waals surface area contributed by atoms with Gasteiger partial charge in [-0.2, -0.15) is 0 Å². The number of nitrogens with zero attached hydrogens (tertiary/aromatic N) is 3. The number of hydrogen-bond acceptors (Lipinski definition) is 4. The second kappa shape index (κ2) is 7.66. The van der Waals surface area contributed by atoms with E-state index in [-0.39, 0.29) is 5.91 Å². The van der Waals surface area contributed by atoms with Crippen molar-refractivity contribution in [2.24, 2.45) is 0 Å². The van der Waals surface area contributed by atoms with Gasteiger partial charge in [-0.25, -0.2) is 9.97 Å². The maximum atomic E-state index is 12.7. The second-order valence-electron chi connectivity index (χ2n) is 7.98. The van der Waals surface area contributed by atoms with Crippen LogP contribution in [0.2, 0.25) is 0 Å². The van der Waals surface area contributed by atoms with Gasteiger partial charge in [0.25, 0.3) is 0 Å². The van der Waals surface area contributed by atoms with Crippen molar-refractivity contribution in [2.75, 3.05) is 13.1 Å². The van der Waals surface area contributed by atoms with Gasteiger partial charge in [0.2, 0.25) is 5.91 Å². The van der Waals surface area contributed by atoms with Gasteiger partial charge in [0.1, 0.15) is 5.82 Å². The molecule has 2 aromatic heterocycles. The van der Waals surface area contributed by atoms with Gasteiger partial charge < -0.3 is 9.88 Å². The summed E-state index contributed by atoms with van der Waals surface area (Å²) in [6.45, 7) is 1.71. The Balaban J connectivity index is 1.15. The molecule has 6 heteroatoms. The number of aryl methyl sites for hydroxylation is 3. The van der Waals surface area contributed by atoms with E-state index in [1.807, 2.05) is 40.5 Å². The molecule has 1 aliphatic heterocycles. The normalized spacial score (nSPS) is 17.8. The first-order valence-corrected chi connectivity index (χ1v) is 11.3. The third-order valence-corrected chi connectivity index (χ3v) is 7.39. The minimum Gasteiger partial charge on any atom is -0.343 e. The van der Waals surface area contributed by atoms with Gasteiger partial charge in [-0.1, -0.05) is 12.1 Å². The molecule has 1 aromatic carbocycles. The topological polar surface area (TPSA) is 61.9 Å². The number of rotatable bonds is 4. The van der Waals surface area contributed by atoms with Crippen molar-refractivity contribution in [1.29, 1.82) is 0 Å². The Morgan fingerprint density at radius 1 is 1.14 bits per heavy atom. The minimum absolute atomic E-state index is 0.248. The van der Waals surface area contributed by atoms with Crippen molar-refractivity contribution in [2.45, 2.75) is 57.3 Å². The smallest absolute Gasteiger partial charge is 0.223 e. The van der Waals surface area contributed by atoms with Crippen LogP contribution in [0.3, 0.4) is 0 Å². The van der Waals surface area contributed by atoms with Crippen LogP contribution in [0.5, 0.6) is 0 Å². The number of hydrogen-bond donors (Lipinski definition) is 1. The van der Waals surface area contributed by atoms with E-state index in [9.17, 15) is 4.79 Å². The molecule has 0 radical (unpaired) electrons. The maximum absolute atomic E-state index is 12.7. The summed E-state index contributed by atoms with van der Waals surface area (Å²) in [5, 5.41) is 1.32. The molecule has 1 N–H and O–H groups in total. The van der Waals surface area contributed by atoms with Gasteiger partial charge in [0.15, 0.2) is 0 Å². The zero-order chi connectivity index (χ0) is 18.9. The number of aromatic nitrogens is 3. The predicted octanol–water partition coefficient (Wildman–Crippen LogP) is 4.24. The number of nitrogens with one attached hydrogen (secondary N) is 1. The standard InChI is InChI=1S/C22H26N4OS/c27-21(10-9-20-23-16-5-1-2-6-17(16)24-20)26-13-11-15(12-14-26)22-25-18-7-3-4-8-19(18)28-22/h1-2,5-6,15H,3-4,7-14H2,(H,23,24). The summed E-state index contributed by atoms with van der Waals surface area (Å²) < 4.78 is 0. The molecule has 0 atom stereocenters. The number of piperidine rings is 1. The molecule has 1 saturated heterocycles. The first-order chi connectivity index (χ1) is 13.8. The highest BCUT2D eigenvalue weighted by Crippen LogP contribution is 2.35. The predicted molar refractivity (Wildman–Crippen MR) is 112 cm³/mol. The lowest BCUT2D eigenvalue weighted by atomic mass is 9.97. The highest BCUT2D eigenvalue weighted by molar-refractivity contribution is 7.11. The lowest BCUT2D eigenvalue weighted by molar-refractivity contribution is -0.132. The molecule has 2 aliphatic rings. The molecule has 1 amide bonds. The van der Waals surface area contributed by atoms with Crippen LogP contribution in [0.15, 0.2) is 24.3 Å². The van der Waals surface area contributed by atoms with E-state index in [1.54, 1.807) is 0 Å². The third kappa shape index (κ3) is 3.58. The molecule has 1 fully saturated rings. The number of benzene rings is 1. The van der Waals surface area contributed by atoms with E-state index in [4.69, 9.17) is 4.98 Å². The number of amides is 1. The first-order valence-electron chi connectivity index (χ1n) is 10.5. The minimum atomic E-state index is 0.248. The van der Waals surface area contributed by atoms with Gasteiger partial charge in [-0.05, 0) is 50.7 Å². The van der Waals surface area contributed by atoms with Gasteiger partial charge in [-0.3, -0.25) is 4.79 Å². The van der Waals surface area contributed by atoms with Crippen molar-refractivity contribution in [3.8, 4) is 0 Å². The Morgan fingerprint density at radius 3 is 2.79 bits per heavy atom. The quantitative estimate of drug-likeness (QED) is 0.720. The summed E-state index contributed by atoms with van der Waals surface area (Å²) in [7, 11) is 0. The number of likely N-dealkylation sites (tertiary alicyclic amines) is 1. The van der Waals surface area contributed by atoms with Crippen LogP contribution in [0.25, 0.3) is 11.0 Å². The number of aromatic amines is 1. The molecule has 28 heavy (non-hydrogen) atoms. The molecule has 3 heterocycles. The van der Waals surface area contributed by atoms with Gasteiger partial charge >= 0.3 is 0 Å². The molecule has 3 aromatic rings. The number of fused-ring (bicyclic) bond motifs is 2. The van der Waals surface area contributed by atoms with Crippen LogP contribution < -0.4 is 0 Å². The lowest BCUT2D eigenvalue weighted by Crippen LogP contribution is -2.38. The van der Waals surface area contributed by atoms with Crippen molar-refractivity contribution in [3.05, 3.63) is 45.7 Å². The van der Waals surface area contributed by atoms with Crippen molar-refractivity contribution in [1.82, 2.24) is 19.9 Å². The van der Waals surface area contributed by atoms with Crippen molar-refractivity contribution < 1.29 is 4.79 Å². The van der Waals surface area contributed by atoms with E-state index in [1.165, 1.54) is 34.8 Å². The maximum Gasteiger partial charge on any atom is 0.223 e. The highest BCUT2D eigenvalue weighted by Gasteiger charge is 2.27. The Morgan fingerprint density at radius 2 is 1.96 bits per heavy atom. The summed E-state index contributed by atoms with van der Waals surface area (Å²) in [4.78, 5) is 29.1. The van der Waals surface area contributed by atoms with Crippen LogP contribution >= 0.6 is 11.3 Å². The summed E-state index contributed by atoms with van der Waals surface area (Å²) in [5.74, 6) is 1.69. The van der Waals surface area contributed by atoms with E-state index in [2.05, 4.69) is 9.97 Å². The molecule has 0 unspecified atom stereocenters. The number of carbonyl (C=O) groups excluding carboxylic acids is 1. The fraction of sp³-hybridized carbons (Fsp3) is 0.500. The fourth-order valence-corrected chi connectivity index (χ4v) is 5.75. The van der Waals surface area contributed by atoms with E-state index >= 15 is 0 Å². The zero-order valence-corrected chi connectivity index (χ0v) is 16.9. The Kier molecular flexibility index (Phi) is 4.89. The average molecular weight is 395 g/mol. The van der Waals surface area contributed by atoms with Crippen molar-refractivity contribution in [3.63, 3.8) is 0 Å². The molecule has 146 valence electrons. The number of para-hydroxylation sites is 2. The van der Waals surface area contributed by atoms with Crippen LogP contribution in [-0.2, 0) is 24.1 Å². The lowest BCUT2D eigenvalue weighted by Gasteiger charge is -2.31. The average Bonchev–Trinajstić information content (AvgIpc) is 3.35. The monoisotopic (exact) mass is 394 g/mol. The highest BCUT2D eigenvalue weighted by atomic mass is 32.1. The Hall–Kier alpha value is -2.21. The van der Waals surface area contributed by atoms with Gasteiger partial charge in [0.05, 0.1) is 21.7 Å². The van der Waals surface area contributed by atoms with Crippen LogP contribution in [0.4, 0.5) is 0 Å². The van der Waals surface area contributed by atoms with Gasteiger partial charge in [-0.15, -0.1) is 11.3 Å². The number of thiazole rings is 1. The summed E-state index contributed by atoms with van der Waals surface area (Å²) in [6, 6.07) is 8.01. The SMILES string of the molecule is O=C(CCc1nc2ccccc2[nH]1)N1CCC(c2nc3c(s2)CCCC3)CC1. The molecule has 0 saturated carbocycles. The number of carbonyl (C=O) groups is 1. The molecule has 5 nitrogen and oxygen atoms in total. The molecule has 5 rings (SSSR count). The summed E-state index contributed by atoms with van der Waals surface area (Å²) >= 11 is 1.93. The van der Waals surface area contributed by atoms with Crippen LogP contribution in [0, 0.1) is 0 Å². The molecular weight excluding hydrogens is 368 g/mol. The second-order valence-corrected chi connectivity index (χ2v) is 9.10. The van der Waals surface area contributed by atoms with E-state index < -0.39 is 0 Å². The first kappa shape index (κ1) is 17.9. The van der Waals surface area contributed by atoms with Gasteiger partial charge in [0, 0.05) is 36.7 Å².